The van der Waals surface area contributed by atoms with Gasteiger partial charge >= 0.3 is 6.03 Å². The molecule has 0 aliphatic carbocycles. The molecule has 1 aromatic heterocycles. The zero-order valence-corrected chi connectivity index (χ0v) is 12.6. The van der Waals surface area contributed by atoms with Gasteiger partial charge in [-0.25, -0.2) is 4.79 Å². The van der Waals surface area contributed by atoms with Crippen molar-refractivity contribution in [2.45, 2.75) is 24.9 Å². The van der Waals surface area contributed by atoms with Crippen molar-refractivity contribution in [1.82, 2.24) is 20.9 Å². The first-order valence-corrected chi connectivity index (χ1v) is 7.05. The largest absolute Gasteiger partial charge is 0.468 e. The first-order valence-electron chi connectivity index (χ1n) is 7.05. The van der Waals surface area contributed by atoms with Crippen LogP contribution >= 0.6 is 0 Å². The summed E-state index contributed by atoms with van der Waals surface area (Å²) in [6.07, 6.45) is 2.03. The van der Waals surface area contributed by atoms with Gasteiger partial charge in [0.25, 0.3) is 5.91 Å². The molecule has 3 N–H and O–H groups in total. The molecule has 0 spiro atoms. The summed E-state index contributed by atoms with van der Waals surface area (Å²) in [4.78, 5) is 36.2. The number of likely N-dealkylation sites (N-methyl/N-ethyl adjacent to an activating group) is 1. The fourth-order valence-corrected chi connectivity index (χ4v) is 2.26. The van der Waals surface area contributed by atoms with Crippen LogP contribution in [0, 0.1) is 0 Å². The Morgan fingerprint density at radius 1 is 1.45 bits per heavy atom. The van der Waals surface area contributed by atoms with E-state index in [1.807, 2.05) is 25.1 Å². The molecule has 0 aromatic carbocycles. The maximum Gasteiger partial charge on any atom is 0.322 e. The Balaban J connectivity index is 1.77. The van der Waals surface area contributed by atoms with Crippen LogP contribution in [0.4, 0.5) is 4.79 Å². The number of urea groups is 1. The average molecular weight is 308 g/mol. The van der Waals surface area contributed by atoms with Crippen LogP contribution in [0.25, 0.3) is 0 Å². The lowest BCUT2D eigenvalue weighted by atomic mass is 10.1. The molecule has 0 bridgehead atoms. The van der Waals surface area contributed by atoms with Crippen LogP contribution in [-0.4, -0.2) is 49.4 Å². The van der Waals surface area contributed by atoms with Crippen LogP contribution in [0.3, 0.4) is 0 Å². The summed E-state index contributed by atoms with van der Waals surface area (Å²) in [5, 5.41) is 7.41. The van der Waals surface area contributed by atoms with E-state index >= 15 is 0 Å². The Morgan fingerprint density at radius 2 is 2.23 bits per heavy atom. The molecule has 1 saturated heterocycles. The minimum Gasteiger partial charge on any atom is -0.468 e. The van der Waals surface area contributed by atoms with E-state index in [0.717, 1.165) is 5.76 Å². The van der Waals surface area contributed by atoms with Gasteiger partial charge in [0.2, 0.25) is 5.91 Å². The van der Waals surface area contributed by atoms with Crippen LogP contribution in [0.15, 0.2) is 22.8 Å². The molecular weight excluding hydrogens is 288 g/mol. The molecule has 22 heavy (non-hydrogen) atoms. The van der Waals surface area contributed by atoms with Gasteiger partial charge in [-0.2, -0.15) is 0 Å². The summed E-state index contributed by atoms with van der Waals surface area (Å²) in [5.41, 5.74) is 0. The third-order valence-corrected chi connectivity index (χ3v) is 3.51. The highest BCUT2D eigenvalue weighted by Gasteiger charge is 2.29. The smallest absolute Gasteiger partial charge is 0.322 e. The summed E-state index contributed by atoms with van der Waals surface area (Å²) in [6.45, 7) is 0.405. The summed E-state index contributed by atoms with van der Waals surface area (Å²) in [7, 11) is 3.80. The fraction of sp³-hybridized carbons (Fsp3) is 0.500. The first-order chi connectivity index (χ1) is 10.5. The Morgan fingerprint density at radius 3 is 2.77 bits per heavy atom. The molecule has 0 radical (unpaired) electrons. The number of rotatable bonds is 7. The minimum absolute atomic E-state index is 0.0616. The SMILES string of the molecule is CN(C)[C@H](CNC(=O)CC[C@H]1NC(=O)NC1=O)c1ccco1. The van der Waals surface area contributed by atoms with Gasteiger partial charge in [0.05, 0.1) is 12.3 Å². The lowest BCUT2D eigenvalue weighted by Gasteiger charge is -2.22. The molecular formula is C14H20N4O4. The molecule has 2 atom stereocenters. The zero-order chi connectivity index (χ0) is 16.1. The topological polar surface area (TPSA) is 104 Å². The number of hydrogen-bond donors (Lipinski definition) is 3. The first kappa shape index (κ1) is 16.0. The van der Waals surface area contributed by atoms with Gasteiger partial charge in [0.15, 0.2) is 0 Å². The van der Waals surface area contributed by atoms with Crippen LogP contribution in [0.5, 0.6) is 0 Å². The van der Waals surface area contributed by atoms with Crippen molar-refractivity contribution in [2.75, 3.05) is 20.6 Å². The third-order valence-electron chi connectivity index (χ3n) is 3.51. The van der Waals surface area contributed by atoms with Gasteiger partial charge < -0.3 is 15.1 Å². The highest BCUT2D eigenvalue weighted by Crippen LogP contribution is 2.17. The van der Waals surface area contributed by atoms with Crippen molar-refractivity contribution in [2.24, 2.45) is 0 Å². The highest BCUT2D eigenvalue weighted by molar-refractivity contribution is 6.04. The van der Waals surface area contributed by atoms with Gasteiger partial charge in [-0.1, -0.05) is 0 Å². The summed E-state index contributed by atoms with van der Waals surface area (Å²) in [6, 6.07) is 2.45. The van der Waals surface area contributed by atoms with E-state index in [9.17, 15) is 14.4 Å². The number of furan rings is 1. The van der Waals surface area contributed by atoms with E-state index in [0.29, 0.717) is 6.54 Å². The summed E-state index contributed by atoms with van der Waals surface area (Å²) in [5.74, 6) is 0.208. The van der Waals surface area contributed by atoms with E-state index in [2.05, 4.69) is 16.0 Å². The van der Waals surface area contributed by atoms with Crippen LogP contribution in [0.2, 0.25) is 0 Å². The molecule has 4 amide bonds. The van der Waals surface area contributed by atoms with Gasteiger partial charge in [-0.15, -0.1) is 0 Å². The van der Waals surface area contributed by atoms with E-state index in [-0.39, 0.29) is 30.7 Å². The maximum absolute atomic E-state index is 11.9. The molecule has 2 heterocycles. The molecule has 1 fully saturated rings. The molecule has 1 aliphatic rings. The van der Waals surface area contributed by atoms with Crippen LogP contribution < -0.4 is 16.0 Å². The molecule has 0 unspecified atom stereocenters. The second kappa shape index (κ2) is 7.08. The number of nitrogens with zero attached hydrogens (tertiary/aromatic N) is 1. The molecule has 0 saturated carbocycles. The highest BCUT2D eigenvalue weighted by atomic mass is 16.3. The van der Waals surface area contributed by atoms with Crippen LogP contribution in [0.1, 0.15) is 24.6 Å². The zero-order valence-electron chi connectivity index (χ0n) is 12.6. The van der Waals surface area contributed by atoms with Crippen molar-refractivity contribution >= 4 is 17.8 Å². The molecule has 8 heteroatoms. The Hall–Kier alpha value is -2.35. The Bertz CT molecular complexity index is 541. The molecule has 1 aliphatic heterocycles. The summed E-state index contributed by atoms with van der Waals surface area (Å²) >= 11 is 0. The fourth-order valence-electron chi connectivity index (χ4n) is 2.26. The van der Waals surface area contributed by atoms with Crippen LogP contribution in [-0.2, 0) is 9.59 Å². The molecule has 2 rings (SSSR count). The Labute approximate surface area is 128 Å². The molecule has 1 aromatic rings. The van der Waals surface area contributed by atoms with Gasteiger partial charge in [-0.05, 0) is 32.6 Å². The molecule has 120 valence electrons. The second-order valence-electron chi connectivity index (χ2n) is 5.35. The monoisotopic (exact) mass is 308 g/mol. The third kappa shape index (κ3) is 4.08. The predicted octanol–water partition coefficient (Wildman–Crippen LogP) is -0.0133. The summed E-state index contributed by atoms with van der Waals surface area (Å²) < 4.78 is 5.36. The van der Waals surface area contributed by atoms with Gasteiger partial charge in [-0.3, -0.25) is 19.8 Å². The van der Waals surface area contributed by atoms with E-state index in [1.165, 1.54) is 0 Å². The number of imide groups is 1. The maximum atomic E-state index is 11.9. The minimum atomic E-state index is -0.632. The number of carbonyl (C=O) groups is 3. The average Bonchev–Trinajstić information content (AvgIpc) is 3.06. The Kier molecular flexibility index (Phi) is 5.16. The van der Waals surface area contributed by atoms with E-state index in [1.54, 1.807) is 12.3 Å². The van der Waals surface area contributed by atoms with Crippen molar-refractivity contribution in [3.63, 3.8) is 0 Å². The standard InChI is InChI=1S/C14H20N4O4/c1-18(2)10(11-4-3-7-22-11)8-15-12(19)6-5-9-13(20)17-14(21)16-9/h3-4,7,9-10H,5-6,8H2,1-2H3,(H,15,19)(H2,16,17,20,21)/t9-,10-/m1/s1. The number of nitrogens with one attached hydrogen (secondary N) is 3. The lowest BCUT2D eigenvalue weighted by molar-refractivity contribution is -0.122. The van der Waals surface area contributed by atoms with E-state index in [4.69, 9.17) is 4.42 Å². The van der Waals surface area contributed by atoms with E-state index < -0.39 is 12.1 Å². The van der Waals surface area contributed by atoms with Crippen molar-refractivity contribution < 1.29 is 18.8 Å². The molecule has 8 nitrogen and oxygen atoms in total. The normalized spacial score (nSPS) is 19.0. The quantitative estimate of drug-likeness (QED) is 0.615. The predicted molar refractivity (Wildman–Crippen MR) is 77.8 cm³/mol. The van der Waals surface area contributed by atoms with Gasteiger partial charge in [0, 0.05) is 13.0 Å². The van der Waals surface area contributed by atoms with Crippen molar-refractivity contribution in [1.29, 1.82) is 0 Å². The second-order valence-corrected chi connectivity index (χ2v) is 5.35. The van der Waals surface area contributed by atoms with Gasteiger partial charge in [0.1, 0.15) is 11.8 Å². The van der Waals surface area contributed by atoms with Crippen molar-refractivity contribution in [3.05, 3.63) is 24.2 Å². The van der Waals surface area contributed by atoms with Crippen molar-refractivity contribution in [3.8, 4) is 0 Å². The number of hydrogen-bond acceptors (Lipinski definition) is 5. The number of amides is 4. The number of carbonyl (C=O) groups excluding carboxylic acids is 3. The lowest BCUT2D eigenvalue weighted by Crippen LogP contribution is -2.36.